The van der Waals surface area contributed by atoms with Crippen molar-refractivity contribution < 1.29 is 4.74 Å². The number of hydrogen-bond acceptors (Lipinski definition) is 2. The zero-order valence-corrected chi connectivity index (χ0v) is 8.79. The predicted octanol–water partition coefficient (Wildman–Crippen LogP) is 2.91. The summed E-state index contributed by atoms with van der Waals surface area (Å²) in [5.41, 5.74) is 2.27. The first-order chi connectivity index (χ1) is 6.62. The summed E-state index contributed by atoms with van der Waals surface area (Å²) in [7, 11) is 1.70. The van der Waals surface area contributed by atoms with E-state index in [1.807, 2.05) is 12.1 Å². The van der Waals surface area contributed by atoms with Gasteiger partial charge in [-0.15, -0.1) is 0 Å². The van der Waals surface area contributed by atoms with Crippen LogP contribution in [0.2, 0.25) is 0 Å². The van der Waals surface area contributed by atoms with Crippen molar-refractivity contribution in [2.75, 3.05) is 12.4 Å². The first-order valence-corrected chi connectivity index (χ1v) is 4.77. The first-order valence-electron chi connectivity index (χ1n) is 4.77. The van der Waals surface area contributed by atoms with Crippen molar-refractivity contribution in [1.82, 2.24) is 0 Å². The maximum absolute atomic E-state index is 5.31. The molecule has 0 spiro atoms. The number of para-hydroxylation sites is 1. The van der Waals surface area contributed by atoms with Crippen molar-refractivity contribution in [3.63, 3.8) is 0 Å². The van der Waals surface area contributed by atoms with Crippen LogP contribution in [0.5, 0.6) is 5.75 Å². The molecule has 0 saturated carbocycles. The van der Waals surface area contributed by atoms with E-state index in [1.165, 1.54) is 5.56 Å². The Morgan fingerprint density at radius 1 is 1.29 bits per heavy atom. The Bertz CT molecular complexity index is 380. The summed E-state index contributed by atoms with van der Waals surface area (Å²) in [6.45, 7) is 4.28. The topological polar surface area (TPSA) is 21.3 Å². The van der Waals surface area contributed by atoms with Crippen LogP contribution in [0.25, 0.3) is 6.08 Å². The Kier molecular flexibility index (Phi) is 1.99. The van der Waals surface area contributed by atoms with Crippen LogP contribution in [0.3, 0.4) is 0 Å². The zero-order valence-electron chi connectivity index (χ0n) is 8.79. The lowest BCUT2D eigenvalue weighted by atomic mass is 9.96. The average molecular weight is 189 g/mol. The van der Waals surface area contributed by atoms with Crippen molar-refractivity contribution in [1.29, 1.82) is 0 Å². The molecule has 1 aliphatic rings. The zero-order chi connectivity index (χ0) is 10.2. The van der Waals surface area contributed by atoms with E-state index in [0.717, 1.165) is 11.4 Å². The van der Waals surface area contributed by atoms with Crippen molar-refractivity contribution in [3.8, 4) is 5.75 Å². The SMILES string of the molecule is COc1cccc2c1NC(C)(C)C=C2. The quantitative estimate of drug-likeness (QED) is 0.733. The van der Waals surface area contributed by atoms with Crippen LogP contribution in [0, 0.1) is 0 Å². The van der Waals surface area contributed by atoms with E-state index in [4.69, 9.17) is 4.74 Å². The average Bonchev–Trinajstić information content (AvgIpc) is 2.15. The van der Waals surface area contributed by atoms with Gasteiger partial charge in [0, 0.05) is 5.56 Å². The molecule has 1 heterocycles. The Labute approximate surface area is 84.6 Å². The monoisotopic (exact) mass is 189 g/mol. The third kappa shape index (κ3) is 1.48. The molecule has 0 amide bonds. The van der Waals surface area contributed by atoms with E-state index in [9.17, 15) is 0 Å². The smallest absolute Gasteiger partial charge is 0.142 e. The van der Waals surface area contributed by atoms with E-state index in [2.05, 4.69) is 37.4 Å². The summed E-state index contributed by atoms with van der Waals surface area (Å²) in [6, 6.07) is 6.06. The van der Waals surface area contributed by atoms with Crippen LogP contribution in [0.15, 0.2) is 24.3 Å². The number of methoxy groups -OCH3 is 1. The molecule has 2 nitrogen and oxygen atoms in total. The highest BCUT2D eigenvalue weighted by atomic mass is 16.5. The Balaban J connectivity index is 2.51. The van der Waals surface area contributed by atoms with Crippen LogP contribution >= 0.6 is 0 Å². The van der Waals surface area contributed by atoms with Gasteiger partial charge in [0.05, 0.1) is 18.3 Å². The second-order valence-corrected chi connectivity index (χ2v) is 4.10. The fourth-order valence-electron chi connectivity index (χ4n) is 1.65. The minimum absolute atomic E-state index is 0.00162. The second kappa shape index (κ2) is 3.05. The number of anilines is 1. The van der Waals surface area contributed by atoms with Gasteiger partial charge in [-0.25, -0.2) is 0 Å². The summed E-state index contributed by atoms with van der Waals surface area (Å²) in [5, 5.41) is 3.44. The van der Waals surface area contributed by atoms with Crippen molar-refractivity contribution >= 4 is 11.8 Å². The molecule has 0 bridgehead atoms. The highest BCUT2D eigenvalue weighted by molar-refractivity contribution is 5.77. The van der Waals surface area contributed by atoms with Gasteiger partial charge in [0.15, 0.2) is 0 Å². The second-order valence-electron chi connectivity index (χ2n) is 4.10. The third-order valence-corrected chi connectivity index (χ3v) is 2.41. The van der Waals surface area contributed by atoms with Crippen LogP contribution in [-0.4, -0.2) is 12.6 Å². The Morgan fingerprint density at radius 3 is 2.79 bits per heavy atom. The van der Waals surface area contributed by atoms with E-state index in [-0.39, 0.29) is 5.54 Å². The van der Waals surface area contributed by atoms with Gasteiger partial charge < -0.3 is 10.1 Å². The minimum atomic E-state index is 0.00162. The molecular weight excluding hydrogens is 174 g/mol. The third-order valence-electron chi connectivity index (χ3n) is 2.41. The molecule has 14 heavy (non-hydrogen) atoms. The summed E-state index contributed by atoms with van der Waals surface area (Å²) >= 11 is 0. The number of ether oxygens (including phenoxy) is 1. The minimum Gasteiger partial charge on any atom is -0.495 e. The van der Waals surface area contributed by atoms with E-state index < -0.39 is 0 Å². The fraction of sp³-hybridized carbons (Fsp3) is 0.333. The molecule has 74 valence electrons. The lowest BCUT2D eigenvalue weighted by Crippen LogP contribution is -2.30. The van der Waals surface area contributed by atoms with Gasteiger partial charge in [-0.2, -0.15) is 0 Å². The van der Waals surface area contributed by atoms with Crippen LogP contribution in [-0.2, 0) is 0 Å². The molecule has 0 saturated heterocycles. The molecule has 0 radical (unpaired) electrons. The standard InChI is InChI=1S/C12H15NO/c1-12(2)8-7-9-5-4-6-10(14-3)11(9)13-12/h4-8,13H,1-3H3. The maximum atomic E-state index is 5.31. The van der Waals surface area contributed by atoms with E-state index in [1.54, 1.807) is 7.11 Å². The number of fused-ring (bicyclic) bond motifs is 1. The van der Waals surface area contributed by atoms with Gasteiger partial charge in [0.25, 0.3) is 0 Å². The molecule has 1 aromatic rings. The van der Waals surface area contributed by atoms with Gasteiger partial charge >= 0.3 is 0 Å². The van der Waals surface area contributed by atoms with Crippen molar-refractivity contribution in [3.05, 3.63) is 29.8 Å². The van der Waals surface area contributed by atoms with Gasteiger partial charge in [0.1, 0.15) is 5.75 Å². The number of rotatable bonds is 1. The molecule has 1 aromatic carbocycles. The highest BCUT2D eigenvalue weighted by Crippen LogP contribution is 2.35. The number of nitrogens with one attached hydrogen (secondary N) is 1. The van der Waals surface area contributed by atoms with Crippen molar-refractivity contribution in [2.45, 2.75) is 19.4 Å². The largest absolute Gasteiger partial charge is 0.495 e. The maximum Gasteiger partial charge on any atom is 0.142 e. The summed E-state index contributed by atoms with van der Waals surface area (Å²) < 4.78 is 5.31. The van der Waals surface area contributed by atoms with Gasteiger partial charge in [0.2, 0.25) is 0 Å². The number of hydrogen-bond donors (Lipinski definition) is 1. The summed E-state index contributed by atoms with van der Waals surface area (Å²) in [6.07, 6.45) is 4.29. The summed E-state index contributed by atoms with van der Waals surface area (Å²) in [4.78, 5) is 0. The molecule has 1 aliphatic heterocycles. The molecule has 0 unspecified atom stereocenters. The van der Waals surface area contributed by atoms with E-state index >= 15 is 0 Å². The molecule has 0 fully saturated rings. The van der Waals surface area contributed by atoms with Crippen LogP contribution in [0.1, 0.15) is 19.4 Å². The normalized spacial score (nSPS) is 17.1. The summed E-state index contributed by atoms with van der Waals surface area (Å²) in [5.74, 6) is 0.903. The van der Waals surface area contributed by atoms with Crippen LogP contribution in [0.4, 0.5) is 5.69 Å². The Hall–Kier alpha value is -1.44. The highest BCUT2D eigenvalue weighted by Gasteiger charge is 2.21. The predicted molar refractivity (Wildman–Crippen MR) is 59.7 cm³/mol. The molecule has 0 aliphatic carbocycles. The molecular formula is C12H15NO. The number of benzene rings is 1. The Morgan fingerprint density at radius 2 is 2.07 bits per heavy atom. The molecule has 0 aromatic heterocycles. The van der Waals surface area contributed by atoms with Gasteiger partial charge in [-0.05, 0) is 19.9 Å². The fourth-order valence-corrected chi connectivity index (χ4v) is 1.65. The van der Waals surface area contributed by atoms with E-state index in [0.29, 0.717) is 0 Å². The molecule has 1 N–H and O–H groups in total. The molecule has 2 heteroatoms. The van der Waals surface area contributed by atoms with Gasteiger partial charge in [-0.1, -0.05) is 24.3 Å². The molecule has 2 rings (SSSR count). The lowest BCUT2D eigenvalue weighted by molar-refractivity contribution is 0.415. The van der Waals surface area contributed by atoms with Crippen LogP contribution < -0.4 is 10.1 Å². The van der Waals surface area contributed by atoms with Gasteiger partial charge in [-0.3, -0.25) is 0 Å². The first kappa shape index (κ1) is 9.13. The lowest BCUT2D eigenvalue weighted by Gasteiger charge is -2.29. The van der Waals surface area contributed by atoms with Crippen molar-refractivity contribution in [2.24, 2.45) is 0 Å². The molecule has 0 atom stereocenters.